The SMILES string of the molecule is Cc1cc(N)cc(NC2CCS(=O)CC2)c1. The number of rotatable bonds is 2. The van der Waals surface area contributed by atoms with Gasteiger partial charge in [-0.25, -0.2) is 0 Å². The molecule has 16 heavy (non-hydrogen) atoms. The molecule has 0 aliphatic carbocycles. The molecule has 0 bridgehead atoms. The van der Waals surface area contributed by atoms with Gasteiger partial charge in [0.25, 0.3) is 0 Å². The van der Waals surface area contributed by atoms with E-state index >= 15 is 0 Å². The summed E-state index contributed by atoms with van der Waals surface area (Å²) in [5.41, 5.74) is 8.84. The van der Waals surface area contributed by atoms with Gasteiger partial charge in [0.2, 0.25) is 0 Å². The molecular weight excluding hydrogens is 220 g/mol. The summed E-state index contributed by atoms with van der Waals surface area (Å²) in [5, 5.41) is 3.47. The number of nitrogen functional groups attached to an aromatic ring is 1. The van der Waals surface area contributed by atoms with Gasteiger partial charge >= 0.3 is 0 Å². The van der Waals surface area contributed by atoms with Crippen molar-refractivity contribution in [3.8, 4) is 0 Å². The molecule has 0 saturated carbocycles. The van der Waals surface area contributed by atoms with Crippen molar-refractivity contribution < 1.29 is 4.21 Å². The molecule has 1 aromatic carbocycles. The topological polar surface area (TPSA) is 55.1 Å². The summed E-state index contributed by atoms with van der Waals surface area (Å²) in [6, 6.07) is 6.46. The lowest BCUT2D eigenvalue weighted by Crippen LogP contribution is -2.29. The molecule has 0 spiro atoms. The minimum Gasteiger partial charge on any atom is -0.399 e. The summed E-state index contributed by atoms with van der Waals surface area (Å²) < 4.78 is 11.2. The van der Waals surface area contributed by atoms with Gasteiger partial charge in [0, 0.05) is 39.7 Å². The Morgan fingerprint density at radius 2 is 2.00 bits per heavy atom. The maximum Gasteiger partial charge on any atom is 0.0365 e. The Bertz CT molecular complexity index is 376. The van der Waals surface area contributed by atoms with Crippen LogP contribution in [0.4, 0.5) is 11.4 Å². The van der Waals surface area contributed by atoms with Gasteiger partial charge in [-0.1, -0.05) is 0 Å². The standard InChI is InChI=1S/C12H18N2OS/c1-9-6-10(13)8-12(7-9)14-11-2-4-16(15)5-3-11/h6-8,11,14H,2-5,13H2,1H3. The van der Waals surface area contributed by atoms with Gasteiger partial charge in [0.1, 0.15) is 0 Å². The molecule has 1 aliphatic rings. The Balaban J connectivity index is 2.00. The van der Waals surface area contributed by atoms with Gasteiger partial charge in [-0.3, -0.25) is 4.21 Å². The third kappa shape index (κ3) is 2.98. The maximum atomic E-state index is 11.2. The highest BCUT2D eigenvalue weighted by atomic mass is 32.2. The fraction of sp³-hybridized carbons (Fsp3) is 0.500. The lowest BCUT2D eigenvalue weighted by Gasteiger charge is -2.23. The number of hydrogen-bond donors (Lipinski definition) is 2. The lowest BCUT2D eigenvalue weighted by atomic mass is 10.1. The summed E-state index contributed by atoms with van der Waals surface area (Å²) in [4.78, 5) is 0. The van der Waals surface area contributed by atoms with Crippen molar-refractivity contribution in [3.63, 3.8) is 0 Å². The molecule has 1 fully saturated rings. The second-order valence-corrected chi connectivity index (χ2v) is 6.10. The molecule has 3 N–H and O–H groups in total. The first-order chi connectivity index (χ1) is 7.63. The Hall–Kier alpha value is -1.03. The molecule has 88 valence electrons. The van der Waals surface area contributed by atoms with Crippen molar-refractivity contribution in [3.05, 3.63) is 23.8 Å². The Labute approximate surface area is 98.9 Å². The highest BCUT2D eigenvalue weighted by Crippen LogP contribution is 2.20. The normalized spacial score (nSPS) is 25.3. The van der Waals surface area contributed by atoms with E-state index in [2.05, 4.69) is 11.4 Å². The summed E-state index contributed by atoms with van der Waals surface area (Å²) in [5.74, 6) is 1.64. The summed E-state index contributed by atoms with van der Waals surface area (Å²) in [6.07, 6.45) is 1.97. The zero-order valence-electron chi connectivity index (χ0n) is 9.53. The first kappa shape index (κ1) is 11.5. The van der Waals surface area contributed by atoms with E-state index in [1.807, 2.05) is 19.1 Å². The van der Waals surface area contributed by atoms with E-state index in [0.717, 1.165) is 35.7 Å². The van der Waals surface area contributed by atoms with Crippen LogP contribution in [0.15, 0.2) is 18.2 Å². The van der Waals surface area contributed by atoms with Crippen LogP contribution in [0.1, 0.15) is 18.4 Å². The fourth-order valence-corrected chi connectivity index (χ4v) is 3.37. The number of aryl methyl sites for hydroxylation is 1. The first-order valence-corrected chi connectivity index (χ1v) is 7.11. The van der Waals surface area contributed by atoms with Crippen LogP contribution in [0.5, 0.6) is 0 Å². The van der Waals surface area contributed by atoms with Gasteiger partial charge < -0.3 is 11.1 Å². The largest absolute Gasteiger partial charge is 0.399 e. The highest BCUT2D eigenvalue weighted by molar-refractivity contribution is 7.85. The van der Waals surface area contributed by atoms with Crippen LogP contribution in [0.25, 0.3) is 0 Å². The molecule has 1 heterocycles. The average molecular weight is 238 g/mol. The molecule has 0 unspecified atom stereocenters. The van der Waals surface area contributed by atoms with E-state index in [4.69, 9.17) is 5.73 Å². The minimum absolute atomic E-state index is 0.443. The monoisotopic (exact) mass is 238 g/mol. The van der Waals surface area contributed by atoms with Crippen molar-refractivity contribution in [1.29, 1.82) is 0 Å². The molecule has 1 aromatic rings. The average Bonchev–Trinajstić information content (AvgIpc) is 2.20. The Morgan fingerprint density at radius 1 is 1.31 bits per heavy atom. The van der Waals surface area contributed by atoms with E-state index in [9.17, 15) is 4.21 Å². The van der Waals surface area contributed by atoms with Crippen LogP contribution in [-0.4, -0.2) is 21.8 Å². The number of anilines is 2. The van der Waals surface area contributed by atoms with Crippen LogP contribution in [0, 0.1) is 6.92 Å². The molecule has 2 rings (SSSR count). The molecule has 3 nitrogen and oxygen atoms in total. The Morgan fingerprint density at radius 3 is 2.62 bits per heavy atom. The van der Waals surface area contributed by atoms with E-state index in [-0.39, 0.29) is 0 Å². The van der Waals surface area contributed by atoms with Gasteiger partial charge in [-0.2, -0.15) is 0 Å². The lowest BCUT2D eigenvalue weighted by molar-refractivity contribution is 0.624. The van der Waals surface area contributed by atoms with Crippen molar-refractivity contribution in [2.24, 2.45) is 0 Å². The minimum atomic E-state index is -0.592. The van der Waals surface area contributed by atoms with Crippen molar-refractivity contribution in [2.45, 2.75) is 25.8 Å². The van der Waals surface area contributed by atoms with Crippen LogP contribution in [0.2, 0.25) is 0 Å². The molecule has 1 saturated heterocycles. The van der Waals surface area contributed by atoms with Crippen LogP contribution >= 0.6 is 0 Å². The van der Waals surface area contributed by atoms with Crippen LogP contribution in [0.3, 0.4) is 0 Å². The molecular formula is C12H18N2OS. The Kier molecular flexibility index (Phi) is 3.49. The number of hydrogen-bond acceptors (Lipinski definition) is 3. The van der Waals surface area contributed by atoms with Gasteiger partial charge in [0.05, 0.1) is 0 Å². The summed E-state index contributed by atoms with van der Waals surface area (Å²) in [6.45, 7) is 2.04. The second kappa shape index (κ2) is 4.87. The summed E-state index contributed by atoms with van der Waals surface area (Å²) in [7, 11) is -0.592. The third-order valence-corrected chi connectivity index (χ3v) is 4.24. The predicted molar refractivity (Wildman–Crippen MR) is 70.1 cm³/mol. The third-order valence-electron chi connectivity index (χ3n) is 2.86. The smallest absolute Gasteiger partial charge is 0.0365 e. The molecule has 0 amide bonds. The predicted octanol–water partition coefficient (Wildman–Crippen LogP) is 1.90. The molecule has 1 aliphatic heterocycles. The molecule has 4 heteroatoms. The van der Waals surface area contributed by atoms with Gasteiger partial charge in [-0.05, 0) is 43.5 Å². The molecule has 0 atom stereocenters. The summed E-state index contributed by atoms with van der Waals surface area (Å²) >= 11 is 0. The zero-order chi connectivity index (χ0) is 11.5. The van der Waals surface area contributed by atoms with E-state index in [1.165, 1.54) is 5.56 Å². The van der Waals surface area contributed by atoms with Gasteiger partial charge in [-0.15, -0.1) is 0 Å². The maximum absolute atomic E-state index is 11.2. The molecule has 0 aromatic heterocycles. The van der Waals surface area contributed by atoms with Crippen molar-refractivity contribution in [1.82, 2.24) is 0 Å². The van der Waals surface area contributed by atoms with E-state index < -0.39 is 10.8 Å². The molecule has 0 radical (unpaired) electrons. The van der Waals surface area contributed by atoms with Crippen molar-refractivity contribution >= 4 is 22.2 Å². The quantitative estimate of drug-likeness (QED) is 0.774. The van der Waals surface area contributed by atoms with Crippen LogP contribution in [-0.2, 0) is 10.8 Å². The number of benzene rings is 1. The van der Waals surface area contributed by atoms with E-state index in [1.54, 1.807) is 0 Å². The number of nitrogens with one attached hydrogen (secondary N) is 1. The fourth-order valence-electron chi connectivity index (χ4n) is 2.07. The first-order valence-electron chi connectivity index (χ1n) is 5.62. The van der Waals surface area contributed by atoms with Crippen LogP contribution < -0.4 is 11.1 Å². The second-order valence-electron chi connectivity index (χ2n) is 4.40. The van der Waals surface area contributed by atoms with E-state index in [0.29, 0.717) is 6.04 Å². The zero-order valence-corrected chi connectivity index (χ0v) is 10.3. The number of nitrogens with two attached hydrogens (primary N) is 1. The van der Waals surface area contributed by atoms with Gasteiger partial charge in [0.15, 0.2) is 0 Å². The highest BCUT2D eigenvalue weighted by Gasteiger charge is 2.17. The van der Waals surface area contributed by atoms with Crippen molar-refractivity contribution in [2.75, 3.05) is 22.6 Å².